The first-order valence-electron chi connectivity index (χ1n) is 11.1. The Bertz CT molecular complexity index is 663. The molecule has 0 bridgehead atoms. The van der Waals surface area contributed by atoms with Gasteiger partial charge in [0.15, 0.2) is 11.5 Å². The first-order valence-corrected chi connectivity index (χ1v) is 16.3. The average molecular weight is 510 g/mol. The highest BCUT2D eigenvalue weighted by Crippen LogP contribution is 2.30. The van der Waals surface area contributed by atoms with Gasteiger partial charge < -0.3 is 14.2 Å². The highest BCUT2D eigenvalue weighted by molar-refractivity contribution is 7.64. The fourth-order valence-electron chi connectivity index (χ4n) is 2.94. The summed E-state index contributed by atoms with van der Waals surface area (Å²) in [4.78, 5) is 11.3. The van der Waals surface area contributed by atoms with E-state index in [1.165, 1.54) is 13.2 Å². The van der Waals surface area contributed by atoms with Crippen molar-refractivity contribution < 1.29 is 19.0 Å². The molecule has 1 rings (SSSR count). The summed E-state index contributed by atoms with van der Waals surface area (Å²) in [6, 6.07) is 3.98. The van der Waals surface area contributed by atoms with E-state index in [4.69, 9.17) is 42.7 Å². The summed E-state index contributed by atoms with van der Waals surface area (Å²) in [6.45, 7) is 3.45. The Labute approximate surface area is 202 Å². The van der Waals surface area contributed by atoms with Crippen LogP contribution in [0.3, 0.4) is 0 Å². The average Bonchev–Trinajstić information content (AvgIpc) is 2.74. The number of unbranched alkanes of at least 4 members (excludes halogenated alkanes) is 7. The molecular formula is C23H35Cl3O4Si. The van der Waals surface area contributed by atoms with E-state index >= 15 is 0 Å². The van der Waals surface area contributed by atoms with Gasteiger partial charge in [0.1, 0.15) is 0 Å². The van der Waals surface area contributed by atoms with Crippen LogP contribution in [0, 0.1) is 0 Å². The monoisotopic (exact) mass is 508 g/mol. The van der Waals surface area contributed by atoms with Crippen molar-refractivity contribution in [2.24, 2.45) is 0 Å². The van der Waals surface area contributed by atoms with Crippen LogP contribution >= 0.6 is 33.2 Å². The summed E-state index contributed by atoms with van der Waals surface area (Å²) in [6.07, 6.45) is 12.9. The fourth-order valence-corrected chi connectivity index (χ4v) is 4.80. The molecule has 0 saturated carbocycles. The lowest BCUT2D eigenvalue weighted by molar-refractivity contribution is -0.134. The normalized spacial score (nSPS) is 11.6. The maximum Gasteiger partial charge on any atom is 0.341 e. The van der Waals surface area contributed by atoms with Gasteiger partial charge in [-0.15, -0.1) is 33.2 Å². The third-order valence-corrected chi connectivity index (χ3v) is 7.32. The van der Waals surface area contributed by atoms with Crippen molar-refractivity contribution in [1.29, 1.82) is 0 Å². The maximum absolute atomic E-state index is 11.3. The van der Waals surface area contributed by atoms with Gasteiger partial charge in [-0.1, -0.05) is 57.9 Å². The summed E-state index contributed by atoms with van der Waals surface area (Å²) in [5, 5.41) is 0. The molecule has 1 aromatic carbocycles. The van der Waals surface area contributed by atoms with E-state index in [0.717, 1.165) is 75.1 Å². The lowest BCUT2D eigenvalue weighted by Gasteiger charge is -2.14. The molecule has 31 heavy (non-hydrogen) atoms. The molecule has 1 aromatic rings. The van der Waals surface area contributed by atoms with E-state index in [1.54, 1.807) is 6.08 Å². The van der Waals surface area contributed by atoms with Gasteiger partial charge in [0.2, 0.25) is 0 Å². The predicted molar refractivity (Wildman–Crippen MR) is 134 cm³/mol. The first-order chi connectivity index (χ1) is 14.9. The van der Waals surface area contributed by atoms with Crippen LogP contribution in [0.1, 0.15) is 70.3 Å². The molecule has 0 aliphatic carbocycles. The maximum atomic E-state index is 11.3. The molecule has 0 aliphatic heterocycles. The standard InChI is InChI=1S/C23H35Cl3O4Si/c1-3-4-9-16-30-22-19-20(13-15-23(27)28-2)12-14-21(22)29-17-10-7-5-6-8-11-18-31(24,25)26/h12-15,19H,3-11,16-18H2,1-2H3. The molecule has 0 radical (unpaired) electrons. The number of hydrogen-bond acceptors (Lipinski definition) is 4. The molecule has 4 nitrogen and oxygen atoms in total. The Hall–Kier alpha value is -0.883. The van der Waals surface area contributed by atoms with Crippen molar-refractivity contribution in [1.82, 2.24) is 0 Å². The van der Waals surface area contributed by atoms with E-state index in [2.05, 4.69) is 11.7 Å². The minimum Gasteiger partial charge on any atom is -0.490 e. The molecule has 0 unspecified atom stereocenters. The molecule has 8 heteroatoms. The van der Waals surface area contributed by atoms with Crippen molar-refractivity contribution in [3.8, 4) is 11.5 Å². The van der Waals surface area contributed by atoms with Gasteiger partial charge in [-0.2, -0.15) is 0 Å². The largest absolute Gasteiger partial charge is 0.490 e. The molecule has 0 saturated heterocycles. The van der Waals surface area contributed by atoms with Crippen LogP contribution in [0.25, 0.3) is 6.08 Å². The van der Waals surface area contributed by atoms with Crippen LogP contribution in [0.4, 0.5) is 0 Å². The van der Waals surface area contributed by atoms with Crippen molar-refractivity contribution >= 4 is 51.3 Å². The van der Waals surface area contributed by atoms with Gasteiger partial charge in [0.05, 0.1) is 20.3 Å². The summed E-state index contributed by atoms with van der Waals surface area (Å²) in [7, 11) is 1.36. The second-order valence-corrected chi connectivity index (χ2v) is 16.7. The Morgan fingerprint density at radius 3 is 2.16 bits per heavy atom. The Kier molecular flexibility index (Phi) is 15.2. The Morgan fingerprint density at radius 1 is 0.903 bits per heavy atom. The van der Waals surface area contributed by atoms with E-state index in [9.17, 15) is 4.79 Å². The van der Waals surface area contributed by atoms with E-state index in [-0.39, 0.29) is 5.97 Å². The van der Waals surface area contributed by atoms with Crippen molar-refractivity contribution in [2.45, 2.75) is 70.8 Å². The number of benzene rings is 1. The van der Waals surface area contributed by atoms with Crippen molar-refractivity contribution in [3.05, 3.63) is 29.8 Å². The molecule has 176 valence electrons. The number of halogens is 3. The van der Waals surface area contributed by atoms with Crippen LogP contribution in [-0.2, 0) is 9.53 Å². The molecule has 0 aliphatic rings. The van der Waals surface area contributed by atoms with E-state index in [0.29, 0.717) is 19.0 Å². The van der Waals surface area contributed by atoms with Crippen molar-refractivity contribution in [2.75, 3.05) is 20.3 Å². The number of ether oxygens (including phenoxy) is 3. The number of rotatable bonds is 17. The lowest BCUT2D eigenvalue weighted by atomic mass is 10.1. The van der Waals surface area contributed by atoms with Crippen LogP contribution in [0.15, 0.2) is 24.3 Å². The summed E-state index contributed by atoms with van der Waals surface area (Å²) >= 11 is 17.7. The highest BCUT2D eigenvalue weighted by Gasteiger charge is 2.23. The summed E-state index contributed by atoms with van der Waals surface area (Å²) in [5.74, 6) is 1.05. The second-order valence-electron chi connectivity index (χ2n) is 7.45. The Morgan fingerprint density at radius 2 is 1.52 bits per heavy atom. The van der Waals surface area contributed by atoms with Gasteiger partial charge in [0, 0.05) is 6.08 Å². The first kappa shape index (κ1) is 28.2. The molecule has 0 aromatic heterocycles. The molecule has 0 spiro atoms. The number of carbonyl (C=O) groups excluding carboxylic acids is 1. The smallest absolute Gasteiger partial charge is 0.341 e. The third kappa shape index (κ3) is 14.7. The number of carbonyl (C=O) groups is 1. The predicted octanol–water partition coefficient (Wildman–Crippen LogP) is 7.82. The third-order valence-electron chi connectivity index (χ3n) is 4.70. The van der Waals surface area contributed by atoms with Crippen LogP contribution in [0.2, 0.25) is 6.04 Å². The quantitative estimate of drug-likeness (QED) is 0.0706. The molecule has 0 amide bonds. The zero-order chi connectivity index (χ0) is 23.0. The molecular weight excluding hydrogens is 475 g/mol. The minimum absolute atomic E-state index is 0.389. The second kappa shape index (κ2) is 16.7. The molecule has 0 atom stereocenters. The highest BCUT2D eigenvalue weighted by atomic mass is 35.8. The molecule has 0 heterocycles. The van der Waals surface area contributed by atoms with Gasteiger partial charge in [-0.3, -0.25) is 0 Å². The van der Waals surface area contributed by atoms with Crippen molar-refractivity contribution in [3.63, 3.8) is 0 Å². The molecule has 0 fully saturated rings. The summed E-state index contributed by atoms with van der Waals surface area (Å²) in [5.41, 5.74) is 0.862. The lowest BCUT2D eigenvalue weighted by Crippen LogP contribution is -2.07. The van der Waals surface area contributed by atoms with Crippen LogP contribution in [0.5, 0.6) is 11.5 Å². The van der Waals surface area contributed by atoms with Gasteiger partial charge in [-0.25, -0.2) is 4.79 Å². The summed E-state index contributed by atoms with van der Waals surface area (Å²) < 4.78 is 16.6. The Balaban J connectivity index is 2.45. The number of hydrogen-bond donors (Lipinski definition) is 0. The van der Waals surface area contributed by atoms with E-state index < -0.39 is 6.00 Å². The van der Waals surface area contributed by atoms with Gasteiger partial charge in [-0.05, 0) is 42.7 Å². The number of esters is 1. The van der Waals surface area contributed by atoms with Crippen LogP contribution < -0.4 is 9.47 Å². The zero-order valence-corrected chi connectivity index (χ0v) is 21.9. The fraction of sp³-hybridized carbons (Fsp3) is 0.609. The molecule has 0 N–H and O–H groups in total. The van der Waals surface area contributed by atoms with Crippen LogP contribution in [-0.4, -0.2) is 32.3 Å². The number of methoxy groups -OCH3 is 1. The zero-order valence-electron chi connectivity index (χ0n) is 18.6. The van der Waals surface area contributed by atoms with Gasteiger partial charge >= 0.3 is 12.0 Å². The topological polar surface area (TPSA) is 44.8 Å². The SMILES string of the molecule is CCCCCOc1cc(C=CC(=O)OC)ccc1OCCCCCCCC[Si](Cl)(Cl)Cl. The van der Waals surface area contributed by atoms with Gasteiger partial charge in [0.25, 0.3) is 0 Å². The minimum atomic E-state index is -2.46. The van der Waals surface area contributed by atoms with E-state index in [1.807, 2.05) is 18.2 Å².